The van der Waals surface area contributed by atoms with E-state index in [9.17, 15) is 0 Å². The second-order valence-corrected chi connectivity index (χ2v) is 2.05. The lowest BCUT2D eigenvalue weighted by Gasteiger charge is -2.10. The van der Waals surface area contributed by atoms with Crippen LogP contribution in [0.1, 0.15) is 12.8 Å². The quantitative estimate of drug-likeness (QED) is 0.645. The number of nitrogens with zero attached hydrogens (tertiary/aromatic N) is 1. The zero-order chi connectivity index (χ0) is 7.98. The predicted molar refractivity (Wildman–Crippen MR) is 63.3 cm³/mol. The Morgan fingerprint density at radius 3 is 2.30 bits per heavy atom. The summed E-state index contributed by atoms with van der Waals surface area (Å²) >= 11 is 4.24. The fraction of sp³-hybridized carbons (Fsp3) is 0.429. The fourth-order valence-electron chi connectivity index (χ4n) is 0.976. The standard InChI is InChI=1S/C7H11N.I2/c1-3-8-6-4-5-7(8)2;1-2/h3H,1-2,4-6H2;. The van der Waals surface area contributed by atoms with Crippen molar-refractivity contribution in [3.05, 3.63) is 25.1 Å². The van der Waals surface area contributed by atoms with Crippen LogP contribution in [0.5, 0.6) is 0 Å². The van der Waals surface area contributed by atoms with E-state index in [4.69, 9.17) is 0 Å². The van der Waals surface area contributed by atoms with Crippen LogP contribution in [0.3, 0.4) is 0 Å². The lowest BCUT2D eigenvalue weighted by molar-refractivity contribution is 0.538. The highest BCUT2D eigenvalue weighted by atomic mass is 128. The molecule has 3 heteroatoms. The van der Waals surface area contributed by atoms with Gasteiger partial charge in [-0.3, -0.25) is 0 Å². The highest BCUT2D eigenvalue weighted by Gasteiger charge is 2.09. The van der Waals surface area contributed by atoms with Crippen LogP contribution < -0.4 is 0 Å². The van der Waals surface area contributed by atoms with Crippen LogP contribution in [0.25, 0.3) is 0 Å². The minimum atomic E-state index is 1.11. The second kappa shape index (κ2) is 6.45. The van der Waals surface area contributed by atoms with Crippen molar-refractivity contribution in [3.8, 4) is 0 Å². The first kappa shape index (κ1) is 10.7. The average Bonchev–Trinajstić information content (AvgIpc) is 2.39. The number of rotatable bonds is 1. The van der Waals surface area contributed by atoms with Gasteiger partial charge in [0, 0.05) is 49.5 Å². The molecule has 0 radical (unpaired) electrons. The average molecular weight is 363 g/mol. The maximum absolute atomic E-state index is 3.86. The van der Waals surface area contributed by atoms with Crippen molar-refractivity contribution < 1.29 is 0 Å². The largest absolute Gasteiger partial charge is 0.353 e. The Kier molecular flexibility index (Phi) is 6.93. The molecule has 0 aromatic carbocycles. The maximum atomic E-state index is 3.86. The Morgan fingerprint density at radius 1 is 1.50 bits per heavy atom. The zero-order valence-corrected chi connectivity index (χ0v) is 10.1. The van der Waals surface area contributed by atoms with Crippen molar-refractivity contribution >= 4 is 37.2 Å². The molecule has 0 spiro atoms. The number of hydrogen-bond acceptors (Lipinski definition) is 1. The van der Waals surface area contributed by atoms with Crippen LogP contribution in [-0.4, -0.2) is 11.4 Å². The number of hydrogen-bond donors (Lipinski definition) is 0. The first-order valence-corrected chi connectivity index (χ1v) is 9.34. The molecule has 1 nitrogen and oxygen atoms in total. The lowest BCUT2D eigenvalue weighted by Crippen LogP contribution is -2.06. The highest BCUT2D eigenvalue weighted by Crippen LogP contribution is 2.17. The first-order chi connectivity index (χ1) is 4.84. The van der Waals surface area contributed by atoms with Gasteiger partial charge in [-0.25, -0.2) is 0 Å². The maximum Gasteiger partial charge on any atom is 0.0225 e. The molecule has 10 heavy (non-hydrogen) atoms. The van der Waals surface area contributed by atoms with Crippen LogP contribution in [0.2, 0.25) is 0 Å². The van der Waals surface area contributed by atoms with E-state index in [0.29, 0.717) is 0 Å². The molecular formula is C7H11I2N. The third-order valence-electron chi connectivity index (χ3n) is 1.49. The van der Waals surface area contributed by atoms with E-state index in [-0.39, 0.29) is 0 Å². The normalized spacial score (nSPS) is 16.2. The molecule has 0 atom stereocenters. The van der Waals surface area contributed by atoms with Gasteiger partial charge in [0.15, 0.2) is 0 Å². The van der Waals surface area contributed by atoms with E-state index in [2.05, 4.69) is 55.3 Å². The fourth-order valence-corrected chi connectivity index (χ4v) is 0.976. The summed E-state index contributed by atoms with van der Waals surface area (Å²) in [7, 11) is 0. The predicted octanol–water partition coefficient (Wildman–Crippen LogP) is 3.51. The van der Waals surface area contributed by atoms with Crippen molar-refractivity contribution in [2.24, 2.45) is 0 Å². The van der Waals surface area contributed by atoms with Crippen molar-refractivity contribution in [2.45, 2.75) is 12.8 Å². The van der Waals surface area contributed by atoms with Gasteiger partial charge in [0.2, 0.25) is 0 Å². The summed E-state index contributed by atoms with van der Waals surface area (Å²) in [6.07, 6.45) is 4.23. The molecule has 0 aliphatic carbocycles. The van der Waals surface area contributed by atoms with E-state index in [1.807, 2.05) is 6.20 Å². The first-order valence-electron chi connectivity index (χ1n) is 3.06. The van der Waals surface area contributed by atoms with Crippen LogP contribution in [0, 0.1) is 0 Å². The third kappa shape index (κ3) is 3.23. The minimum absolute atomic E-state index is 1.11. The van der Waals surface area contributed by atoms with Crippen LogP contribution in [-0.2, 0) is 0 Å². The zero-order valence-electron chi connectivity index (χ0n) is 5.82. The van der Waals surface area contributed by atoms with Gasteiger partial charge in [0.05, 0.1) is 0 Å². The molecule has 1 fully saturated rings. The Labute approximate surface area is 85.9 Å². The van der Waals surface area contributed by atoms with Crippen LogP contribution in [0.15, 0.2) is 25.1 Å². The molecule has 1 saturated heterocycles. The van der Waals surface area contributed by atoms with Crippen molar-refractivity contribution in [1.29, 1.82) is 0 Å². The Morgan fingerprint density at radius 2 is 2.10 bits per heavy atom. The summed E-state index contributed by atoms with van der Waals surface area (Å²) in [6.45, 7) is 8.63. The molecule has 0 bridgehead atoms. The molecule has 0 aromatic rings. The third-order valence-corrected chi connectivity index (χ3v) is 1.49. The van der Waals surface area contributed by atoms with E-state index >= 15 is 0 Å². The van der Waals surface area contributed by atoms with E-state index in [1.165, 1.54) is 12.1 Å². The van der Waals surface area contributed by atoms with Gasteiger partial charge in [0.1, 0.15) is 0 Å². The topological polar surface area (TPSA) is 3.24 Å². The van der Waals surface area contributed by atoms with Gasteiger partial charge in [-0.05, 0) is 19.0 Å². The Bertz CT molecular complexity index is 123. The molecule has 0 amide bonds. The van der Waals surface area contributed by atoms with Gasteiger partial charge >= 0.3 is 0 Å². The number of allylic oxidation sites excluding steroid dienone is 1. The van der Waals surface area contributed by atoms with Gasteiger partial charge in [0.25, 0.3) is 0 Å². The van der Waals surface area contributed by atoms with E-state index in [1.54, 1.807) is 0 Å². The molecule has 0 unspecified atom stereocenters. The summed E-state index contributed by atoms with van der Waals surface area (Å²) in [6, 6.07) is 0. The van der Waals surface area contributed by atoms with Crippen molar-refractivity contribution in [3.63, 3.8) is 0 Å². The summed E-state index contributed by atoms with van der Waals surface area (Å²) < 4.78 is 0. The summed E-state index contributed by atoms with van der Waals surface area (Å²) in [5, 5.41) is 0. The van der Waals surface area contributed by atoms with E-state index in [0.717, 1.165) is 13.0 Å². The summed E-state index contributed by atoms with van der Waals surface area (Å²) in [5.41, 5.74) is 1.21. The van der Waals surface area contributed by atoms with E-state index < -0.39 is 0 Å². The van der Waals surface area contributed by atoms with Crippen molar-refractivity contribution in [2.75, 3.05) is 6.54 Å². The molecule has 0 aromatic heterocycles. The molecule has 58 valence electrons. The molecule has 0 N–H and O–H groups in total. The summed E-state index contributed by atoms with van der Waals surface area (Å²) in [5.74, 6) is 0. The van der Waals surface area contributed by atoms with Crippen molar-refractivity contribution in [1.82, 2.24) is 4.90 Å². The van der Waals surface area contributed by atoms with Gasteiger partial charge in [-0.15, -0.1) is 0 Å². The van der Waals surface area contributed by atoms with Crippen LogP contribution in [0.4, 0.5) is 0 Å². The SMILES string of the molecule is C=CN1CCCC1=C.II. The van der Waals surface area contributed by atoms with Gasteiger partial charge in [-0.1, -0.05) is 13.2 Å². The molecule has 1 rings (SSSR count). The van der Waals surface area contributed by atoms with Gasteiger partial charge in [-0.2, -0.15) is 0 Å². The minimum Gasteiger partial charge on any atom is -0.353 e. The Balaban J connectivity index is 0.000000371. The highest BCUT2D eigenvalue weighted by molar-refractivity contribution is 15.0. The van der Waals surface area contributed by atoms with Crippen LogP contribution >= 0.6 is 37.2 Å². The molecule has 1 aliphatic heterocycles. The number of halogens is 2. The Hall–Kier alpha value is 0.740. The molecule has 1 aliphatic rings. The molecule has 0 saturated carbocycles. The lowest BCUT2D eigenvalue weighted by atomic mass is 10.3. The monoisotopic (exact) mass is 363 g/mol. The number of likely N-dealkylation sites (tertiary alicyclic amines) is 1. The van der Waals surface area contributed by atoms with Gasteiger partial charge < -0.3 is 4.90 Å². The smallest absolute Gasteiger partial charge is 0.0225 e. The second-order valence-electron chi connectivity index (χ2n) is 2.05. The molecule has 1 heterocycles. The molecular weight excluding hydrogens is 352 g/mol. The summed E-state index contributed by atoms with van der Waals surface area (Å²) in [4.78, 5) is 2.10.